The van der Waals surface area contributed by atoms with Crippen molar-refractivity contribution in [2.75, 3.05) is 5.32 Å². The molecule has 0 saturated carbocycles. The molecule has 3 aromatic carbocycles. The van der Waals surface area contributed by atoms with Gasteiger partial charge < -0.3 is 13.7 Å². The van der Waals surface area contributed by atoms with Gasteiger partial charge in [0.15, 0.2) is 5.76 Å². The Hall–Kier alpha value is -4.06. The zero-order chi connectivity index (χ0) is 20.5. The second-order valence-electron chi connectivity index (χ2n) is 7.00. The minimum Gasteiger partial charge on any atom is -0.486 e. The summed E-state index contributed by atoms with van der Waals surface area (Å²) in [7, 11) is 1.86. The molecule has 30 heavy (non-hydrogen) atoms. The van der Waals surface area contributed by atoms with Crippen molar-refractivity contribution in [2.24, 2.45) is 7.05 Å². The van der Waals surface area contributed by atoms with Gasteiger partial charge in [0.25, 0.3) is 5.91 Å². The number of carbonyl (C=O) groups is 1. The molecule has 0 radical (unpaired) electrons. The average Bonchev–Trinajstić information content (AvgIpc) is 3.37. The van der Waals surface area contributed by atoms with Gasteiger partial charge in [-0.25, -0.2) is 4.98 Å². The molecule has 5 aromatic rings. The number of anilines is 1. The zero-order valence-corrected chi connectivity index (χ0v) is 16.3. The Kier molecular flexibility index (Phi) is 4.44. The number of hydrogen-bond donors (Lipinski definition) is 1. The van der Waals surface area contributed by atoms with E-state index in [0.29, 0.717) is 11.7 Å². The second kappa shape index (κ2) is 7.40. The summed E-state index contributed by atoms with van der Waals surface area (Å²) < 4.78 is 13.3. The minimum atomic E-state index is -0.356. The minimum absolute atomic E-state index is 0.208. The molecule has 0 saturated heterocycles. The molecule has 0 aliphatic heterocycles. The van der Waals surface area contributed by atoms with Crippen molar-refractivity contribution in [3.8, 4) is 5.75 Å². The molecule has 0 atom stereocenters. The molecular formula is C24H19N3O3. The normalized spacial score (nSPS) is 11.1. The highest BCUT2D eigenvalue weighted by molar-refractivity contribution is 6.02. The van der Waals surface area contributed by atoms with Crippen LogP contribution in [0.15, 0.2) is 83.3 Å². The fraction of sp³-hybridized carbons (Fsp3) is 0.0833. The number of aromatic nitrogens is 2. The van der Waals surface area contributed by atoms with Crippen LogP contribution in [0.2, 0.25) is 0 Å². The van der Waals surface area contributed by atoms with Crippen LogP contribution in [0.4, 0.5) is 5.95 Å². The number of furan rings is 1. The molecule has 0 unspecified atom stereocenters. The van der Waals surface area contributed by atoms with Crippen LogP contribution in [0.5, 0.6) is 5.75 Å². The zero-order valence-electron chi connectivity index (χ0n) is 16.3. The van der Waals surface area contributed by atoms with E-state index in [-0.39, 0.29) is 18.3 Å². The number of para-hydroxylation sites is 2. The summed E-state index contributed by atoms with van der Waals surface area (Å²) in [6.07, 6.45) is 0. The number of hydrogen-bond acceptors (Lipinski definition) is 4. The number of nitrogens with zero attached hydrogens (tertiary/aromatic N) is 2. The van der Waals surface area contributed by atoms with Gasteiger partial charge in [-0.05, 0) is 47.2 Å². The standard InChI is InChI=1S/C24H19N3O3/c1-27-21-9-5-4-8-20(21)25-24(27)26-23(28)22-13-12-19(30-22)15-29-18-11-10-16-6-2-3-7-17(16)14-18/h2-14H,15H2,1H3,(H,25,26,28). The first-order valence-electron chi connectivity index (χ1n) is 9.60. The Morgan fingerprint density at radius 2 is 1.80 bits per heavy atom. The van der Waals surface area contributed by atoms with Crippen molar-refractivity contribution in [2.45, 2.75) is 6.61 Å². The number of imidazole rings is 1. The third kappa shape index (κ3) is 3.39. The molecule has 148 valence electrons. The summed E-state index contributed by atoms with van der Waals surface area (Å²) in [6.45, 7) is 0.234. The van der Waals surface area contributed by atoms with Crippen LogP contribution in [0.25, 0.3) is 21.8 Å². The monoisotopic (exact) mass is 397 g/mol. The SMILES string of the molecule is Cn1c(NC(=O)c2ccc(COc3ccc4ccccc4c3)o2)nc2ccccc21. The maximum atomic E-state index is 12.6. The fourth-order valence-corrected chi connectivity index (χ4v) is 3.41. The topological polar surface area (TPSA) is 69.3 Å². The average molecular weight is 397 g/mol. The molecule has 0 aliphatic carbocycles. The molecular weight excluding hydrogens is 378 g/mol. The Morgan fingerprint density at radius 3 is 2.67 bits per heavy atom. The van der Waals surface area contributed by atoms with Crippen molar-refractivity contribution < 1.29 is 13.9 Å². The summed E-state index contributed by atoms with van der Waals surface area (Å²) in [5, 5.41) is 5.07. The summed E-state index contributed by atoms with van der Waals surface area (Å²) in [5.41, 5.74) is 1.76. The molecule has 6 nitrogen and oxygen atoms in total. The lowest BCUT2D eigenvalue weighted by Crippen LogP contribution is -2.14. The Labute approximate surface area is 172 Å². The van der Waals surface area contributed by atoms with Crippen LogP contribution in [-0.2, 0) is 13.7 Å². The molecule has 0 fully saturated rings. The number of carbonyl (C=O) groups excluding carboxylic acids is 1. The number of nitrogens with one attached hydrogen (secondary N) is 1. The third-order valence-corrected chi connectivity index (χ3v) is 5.00. The first-order chi connectivity index (χ1) is 14.7. The van der Waals surface area contributed by atoms with E-state index < -0.39 is 0 Å². The van der Waals surface area contributed by atoms with Crippen molar-refractivity contribution >= 4 is 33.7 Å². The summed E-state index contributed by atoms with van der Waals surface area (Å²) in [5.74, 6) is 1.63. The highest BCUT2D eigenvalue weighted by Gasteiger charge is 2.15. The molecule has 0 spiro atoms. The lowest BCUT2D eigenvalue weighted by molar-refractivity contribution is 0.0991. The maximum Gasteiger partial charge on any atom is 0.293 e. The Bertz CT molecular complexity index is 1370. The van der Waals surface area contributed by atoms with Gasteiger partial charge in [0, 0.05) is 7.05 Å². The Balaban J connectivity index is 1.27. The van der Waals surface area contributed by atoms with Crippen LogP contribution >= 0.6 is 0 Å². The van der Waals surface area contributed by atoms with Gasteiger partial charge in [-0.2, -0.15) is 0 Å². The van der Waals surface area contributed by atoms with Gasteiger partial charge >= 0.3 is 0 Å². The van der Waals surface area contributed by atoms with E-state index in [4.69, 9.17) is 9.15 Å². The van der Waals surface area contributed by atoms with Crippen LogP contribution in [-0.4, -0.2) is 15.5 Å². The first kappa shape index (κ1) is 18.0. The van der Waals surface area contributed by atoms with E-state index in [0.717, 1.165) is 27.6 Å². The van der Waals surface area contributed by atoms with Crippen LogP contribution < -0.4 is 10.1 Å². The van der Waals surface area contributed by atoms with E-state index >= 15 is 0 Å². The largest absolute Gasteiger partial charge is 0.486 e. The van der Waals surface area contributed by atoms with E-state index in [1.54, 1.807) is 12.1 Å². The van der Waals surface area contributed by atoms with Gasteiger partial charge in [0.2, 0.25) is 5.95 Å². The van der Waals surface area contributed by atoms with Gasteiger partial charge in [-0.15, -0.1) is 0 Å². The predicted molar refractivity (Wildman–Crippen MR) is 116 cm³/mol. The maximum absolute atomic E-state index is 12.6. The van der Waals surface area contributed by atoms with Gasteiger partial charge in [-0.3, -0.25) is 10.1 Å². The second-order valence-corrected chi connectivity index (χ2v) is 7.00. The first-order valence-corrected chi connectivity index (χ1v) is 9.60. The molecule has 2 aromatic heterocycles. The van der Waals surface area contributed by atoms with Crippen LogP contribution in [0.3, 0.4) is 0 Å². The van der Waals surface area contributed by atoms with Gasteiger partial charge in [0.05, 0.1) is 11.0 Å². The number of ether oxygens (including phenoxy) is 1. The highest BCUT2D eigenvalue weighted by Crippen LogP contribution is 2.22. The highest BCUT2D eigenvalue weighted by atomic mass is 16.5. The smallest absolute Gasteiger partial charge is 0.293 e. The van der Waals surface area contributed by atoms with Gasteiger partial charge in [0.1, 0.15) is 18.1 Å². The molecule has 0 bridgehead atoms. The summed E-state index contributed by atoms with van der Waals surface area (Å²) in [6, 6.07) is 25.1. The molecule has 2 heterocycles. The number of fused-ring (bicyclic) bond motifs is 2. The summed E-state index contributed by atoms with van der Waals surface area (Å²) >= 11 is 0. The quantitative estimate of drug-likeness (QED) is 0.445. The molecule has 0 aliphatic rings. The van der Waals surface area contributed by atoms with E-state index in [2.05, 4.69) is 16.4 Å². The van der Waals surface area contributed by atoms with Crippen molar-refractivity contribution in [1.29, 1.82) is 0 Å². The molecule has 5 rings (SSSR count). The van der Waals surface area contributed by atoms with Crippen molar-refractivity contribution in [3.05, 3.63) is 90.4 Å². The lowest BCUT2D eigenvalue weighted by atomic mass is 10.1. The predicted octanol–water partition coefficient (Wildman–Crippen LogP) is 5.15. The van der Waals surface area contributed by atoms with Crippen LogP contribution in [0, 0.1) is 0 Å². The van der Waals surface area contributed by atoms with Gasteiger partial charge in [-0.1, -0.05) is 42.5 Å². The number of aryl methyl sites for hydroxylation is 1. The number of rotatable bonds is 5. The van der Waals surface area contributed by atoms with Crippen LogP contribution in [0.1, 0.15) is 16.3 Å². The molecule has 1 N–H and O–H groups in total. The number of amides is 1. The number of benzene rings is 3. The molecule has 6 heteroatoms. The molecule has 1 amide bonds. The van der Waals surface area contributed by atoms with Crippen molar-refractivity contribution in [1.82, 2.24) is 9.55 Å². The fourth-order valence-electron chi connectivity index (χ4n) is 3.41. The summed E-state index contributed by atoms with van der Waals surface area (Å²) in [4.78, 5) is 17.0. The van der Waals surface area contributed by atoms with E-state index in [1.807, 2.05) is 72.3 Å². The van der Waals surface area contributed by atoms with E-state index in [1.165, 1.54) is 0 Å². The lowest BCUT2D eigenvalue weighted by Gasteiger charge is -2.06. The van der Waals surface area contributed by atoms with E-state index in [9.17, 15) is 4.79 Å². The third-order valence-electron chi connectivity index (χ3n) is 5.00. The Morgan fingerprint density at radius 1 is 1.00 bits per heavy atom. The van der Waals surface area contributed by atoms with Crippen molar-refractivity contribution in [3.63, 3.8) is 0 Å².